The number of amides is 1. The Balaban J connectivity index is 1.41. The van der Waals surface area contributed by atoms with Crippen molar-refractivity contribution < 1.29 is 9.53 Å². The van der Waals surface area contributed by atoms with Crippen molar-refractivity contribution in [1.82, 2.24) is 20.0 Å². The van der Waals surface area contributed by atoms with Crippen molar-refractivity contribution in [3.05, 3.63) is 65.6 Å². The van der Waals surface area contributed by atoms with E-state index >= 15 is 0 Å². The predicted molar refractivity (Wildman–Crippen MR) is 115 cm³/mol. The minimum absolute atomic E-state index is 0.0951. The number of aryl methyl sites for hydroxylation is 1. The number of pyridine rings is 1. The molecule has 0 fully saturated rings. The zero-order valence-electron chi connectivity index (χ0n) is 17.4. The quantitative estimate of drug-likeness (QED) is 0.516. The van der Waals surface area contributed by atoms with E-state index in [9.17, 15) is 4.79 Å². The van der Waals surface area contributed by atoms with Gasteiger partial charge in [0.05, 0.1) is 5.69 Å². The third-order valence-electron chi connectivity index (χ3n) is 4.92. The molecule has 0 spiro atoms. The van der Waals surface area contributed by atoms with Crippen LogP contribution in [0.1, 0.15) is 43.5 Å². The lowest BCUT2D eigenvalue weighted by molar-refractivity contribution is -0.121. The number of nitrogens with zero attached hydrogens (tertiary/aromatic N) is 2. The van der Waals surface area contributed by atoms with Gasteiger partial charge in [-0.2, -0.15) is 0 Å². The van der Waals surface area contributed by atoms with Gasteiger partial charge < -0.3 is 19.8 Å². The minimum atomic E-state index is 0.0951. The monoisotopic (exact) mass is 394 g/mol. The summed E-state index contributed by atoms with van der Waals surface area (Å²) in [6, 6.07) is 12.3. The van der Waals surface area contributed by atoms with E-state index < -0.39 is 0 Å². The number of carbonyl (C=O) groups excluding carboxylic acids is 1. The summed E-state index contributed by atoms with van der Waals surface area (Å²) in [5, 5.41) is 6.28. The first-order chi connectivity index (χ1) is 14.0. The van der Waals surface area contributed by atoms with Crippen molar-refractivity contribution in [2.24, 2.45) is 0 Å². The minimum Gasteiger partial charge on any atom is -0.487 e. The van der Waals surface area contributed by atoms with Crippen molar-refractivity contribution in [3.63, 3.8) is 0 Å². The van der Waals surface area contributed by atoms with Crippen LogP contribution in [-0.4, -0.2) is 27.9 Å². The second-order valence-electron chi connectivity index (χ2n) is 7.39. The molecule has 0 saturated carbocycles. The summed E-state index contributed by atoms with van der Waals surface area (Å²) in [6.07, 6.45) is 5.43. The fourth-order valence-corrected chi connectivity index (χ4v) is 3.02. The van der Waals surface area contributed by atoms with Crippen LogP contribution in [0, 0.1) is 6.92 Å². The van der Waals surface area contributed by atoms with Crippen molar-refractivity contribution in [3.8, 4) is 5.75 Å². The number of ether oxygens (including phenoxy) is 1. The molecule has 2 heterocycles. The molecule has 1 atom stereocenters. The highest BCUT2D eigenvalue weighted by atomic mass is 16.5. The van der Waals surface area contributed by atoms with Crippen molar-refractivity contribution in [2.75, 3.05) is 6.54 Å². The number of imidazole rings is 1. The van der Waals surface area contributed by atoms with Gasteiger partial charge in [-0.3, -0.25) is 4.79 Å². The van der Waals surface area contributed by atoms with Gasteiger partial charge >= 0.3 is 0 Å². The van der Waals surface area contributed by atoms with Crippen LogP contribution in [0.5, 0.6) is 5.75 Å². The smallest absolute Gasteiger partial charge is 0.221 e. The normalized spacial score (nSPS) is 12.1. The highest BCUT2D eigenvalue weighted by Gasteiger charge is 2.06. The van der Waals surface area contributed by atoms with Gasteiger partial charge in [0.25, 0.3) is 0 Å². The molecule has 1 aromatic carbocycles. The standard InChI is InChI=1S/C23H30N4O2/c1-4-18(3)25-22(28)11-12-24-14-19-7-9-21(10-8-19)29-16-20-15-27-13-5-6-17(2)23(27)26-20/h5-10,13,15,18,24H,4,11-12,14,16H2,1-3H3,(H,25,28). The Hall–Kier alpha value is -2.86. The molecule has 0 aliphatic rings. The number of hydrogen-bond acceptors (Lipinski definition) is 4. The largest absolute Gasteiger partial charge is 0.487 e. The molecule has 0 saturated heterocycles. The molecule has 6 heteroatoms. The molecule has 0 aliphatic heterocycles. The van der Waals surface area contributed by atoms with E-state index in [0.717, 1.165) is 41.2 Å². The van der Waals surface area contributed by atoms with Crippen LogP contribution in [0.2, 0.25) is 0 Å². The zero-order chi connectivity index (χ0) is 20.6. The summed E-state index contributed by atoms with van der Waals surface area (Å²) in [7, 11) is 0. The van der Waals surface area contributed by atoms with E-state index in [1.807, 2.05) is 54.0 Å². The molecule has 0 radical (unpaired) electrons. The number of aromatic nitrogens is 2. The van der Waals surface area contributed by atoms with Gasteiger partial charge in [0.1, 0.15) is 18.0 Å². The topological polar surface area (TPSA) is 67.7 Å². The Kier molecular flexibility index (Phi) is 7.25. The fourth-order valence-electron chi connectivity index (χ4n) is 3.02. The van der Waals surface area contributed by atoms with Gasteiger partial charge in [0.2, 0.25) is 5.91 Å². The third kappa shape index (κ3) is 6.06. The van der Waals surface area contributed by atoms with Gasteiger partial charge in [-0.1, -0.05) is 25.1 Å². The van der Waals surface area contributed by atoms with Crippen LogP contribution in [0.3, 0.4) is 0 Å². The average molecular weight is 395 g/mol. The van der Waals surface area contributed by atoms with Crippen molar-refractivity contribution in [1.29, 1.82) is 0 Å². The SMILES string of the molecule is CCC(C)NC(=O)CCNCc1ccc(OCc2cn3cccc(C)c3n2)cc1. The maximum Gasteiger partial charge on any atom is 0.221 e. The molecule has 2 aromatic heterocycles. The van der Waals surface area contributed by atoms with E-state index in [0.29, 0.717) is 19.6 Å². The number of fused-ring (bicyclic) bond motifs is 1. The van der Waals surface area contributed by atoms with Crippen LogP contribution in [0.15, 0.2) is 48.8 Å². The van der Waals surface area contributed by atoms with E-state index in [1.165, 1.54) is 0 Å². The lowest BCUT2D eigenvalue weighted by atomic mass is 10.2. The van der Waals surface area contributed by atoms with Crippen LogP contribution >= 0.6 is 0 Å². The van der Waals surface area contributed by atoms with E-state index in [2.05, 4.69) is 35.5 Å². The average Bonchev–Trinajstić information content (AvgIpc) is 3.15. The molecule has 2 N–H and O–H groups in total. The Bertz CT molecular complexity index is 934. The first kappa shape index (κ1) is 20.9. The molecule has 1 unspecified atom stereocenters. The number of nitrogens with one attached hydrogen (secondary N) is 2. The van der Waals surface area contributed by atoms with Crippen LogP contribution in [0.25, 0.3) is 5.65 Å². The maximum atomic E-state index is 11.8. The summed E-state index contributed by atoms with van der Waals surface area (Å²) >= 11 is 0. The van der Waals surface area contributed by atoms with E-state index in [1.54, 1.807) is 0 Å². The summed E-state index contributed by atoms with van der Waals surface area (Å²) in [4.78, 5) is 16.4. The summed E-state index contributed by atoms with van der Waals surface area (Å²) in [5.41, 5.74) is 4.17. The fraction of sp³-hybridized carbons (Fsp3) is 0.391. The molecule has 0 bridgehead atoms. The van der Waals surface area contributed by atoms with Gasteiger partial charge in [-0.05, 0) is 49.6 Å². The van der Waals surface area contributed by atoms with Crippen molar-refractivity contribution in [2.45, 2.75) is 52.8 Å². The van der Waals surface area contributed by atoms with Gasteiger partial charge in [0, 0.05) is 37.9 Å². The molecule has 0 aliphatic carbocycles. The van der Waals surface area contributed by atoms with E-state index in [-0.39, 0.29) is 11.9 Å². The molecule has 3 rings (SSSR count). The number of hydrogen-bond donors (Lipinski definition) is 2. The Labute approximate surface area is 172 Å². The van der Waals surface area contributed by atoms with Gasteiger partial charge in [-0.15, -0.1) is 0 Å². The van der Waals surface area contributed by atoms with Crippen molar-refractivity contribution >= 4 is 11.6 Å². The molecule has 154 valence electrons. The molecule has 6 nitrogen and oxygen atoms in total. The molecule has 1 amide bonds. The lowest BCUT2D eigenvalue weighted by Crippen LogP contribution is -2.33. The van der Waals surface area contributed by atoms with E-state index in [4.69, 9.17) is 4.74 Å². The summed E-state index contributed by atoms with van der Waals surface area (Å²) in [5.74, 6) is 0.910. The molecular weight excluding hydrogens is 364 g/mol. The second kappa shape index (κ2) is 10.1. The summed E-state index contributed by atoms with van der Waals surface area (Å²) < 4.78 is 7.89. The van der Waals surface area contributed by atoms with Crippen LogP contribution in [0.4, 0.5) is 0 Å². The second-order valence-corrected chi connectivity index (χ2v) is 7.39. The van der Waals surface area contributed by atoms with Gasteiger partial charge in [0.15, 0.2) is 0 Å². The Morgan fingerprint density at radius 1 is 1.24 bits per heavy atom. The molecule has 3 aromatic rings. The predicted octanol–water partition coefficient (Wildman–Crippen LogP) is 3.62. The molecule has 29 heavy (non-hydrogen) atoms. The van der Waals surface area contributed by atoms with Crippen LogP contribution < -0.4 is 15.4 Å². The highest BCUT2D eigenvalue weighted by Crippen LogP contribution is 2.15. The maximum absolute atomic E-state index is 11.8. The third-order valence-corrected chi connectivity index (χ3v) is 4.92. The summed E-state index contributed by atoms with van der Waals surface area (Å²) in [6.45, 7) is 7.96. The number of rotatable bonds is 10. The Morgan fingerprint density at radius 2 is 2.03 bits per heavy atom. The molecular formula is C23H30N4O2. The number of benzene rings is 1. The first-order valence-electron chi connectivity index (χ1n) is 10.2. The highest BCUT2D eigenvalue weighted by molar-refractivity contribution is 5.76. The number of carbonyl (C=O) groups is 1. The first-order valence-corrected chi connectivity index (χ1v) is 10.2. The zero-order valence-corrected chi connectivity index (χ0v) is 17.4. The Morgan fingerprint density at radius 3 is 2.76 bits per heavy atom. The van der Waals surface area contributed by atoms with Gasteiger partial charge in [-0.25, -0.2) is 4.98 Å². The van der Waals surface area contributed by atoms with Crippen LogP contribution in [-0.2, 0) is 17.9 Å². The lowest BCUT2D eigenvalue weighted by Gasteiger charge is -2.11.